The Morgan fingerprint density at radius 1 is 1.19 bits per heavy atom. The number of carbonyl (C=O) groups is 1. The van der Waals surface area contributed by atoms with Gasteiger partial charge in [-0.25, -0.2) is 0 Å². The summed E-state index contributed by atoms with van der Waals surface area (Å²) in [7, 11) is 1.86. The number of fused-ring (bicyclic) bond motifs is 1. The van der Waals surface area contributed by atoms with Gasteiger partial charge in [-0.1, -0.05) is 0 Å². The summed E-state index contributed by atoms with van der Waals surface area (Å²) in [5, 5.41) is 7.14. The van der Waals surface area contributed by atoms with Gasteiger partial charge in [0.2, 0.25) is 0 Å². The van der Waals surface area contributed by atoms with Crippen molar-refractivity contribution < 1.29 is 4.79 Å². The smallest absolute Gasteiger partial charge is 0.251 e. The number of hydrogen-bond donors (Lipinski definition) is 1. The topological polar surface area (TPSA) is 72.7 Å². The van der Waals surface area contributed by atoms with Crippen molar-refractivity contribution in [2.75, 3.05) is 0 Å². The van der Waals surface area contributed by atoms with Gasteiger partial charge in [0.05, 0.1) is 29.0 Å². The molecule has 2 heterocycles. The molecule has 0 radical (unpaired) electrons. The molecule has 1 N–H and O–H groups in total. The number of nitrogens with zero attached hydrogens (tertiary/aromatic N) is 4. The summed E-state index contributed by atoms with van der Waals surface area (Å²) >= 11 is 0. The number of amides is 1. The van der Waals surface area contributed by atoms with Gasteiger partial charge in [0, 0.05) is 25.0 Å². The SMILES string of the molecule is Cc1cc(CNC(=O)c2ccc3nccnc3c2)n(C)n1. The third-order valence-corrected chi connectivity index (χ3v) is 3.26. The molecule has 3 rings (SSSR count). The Labute approximate surface area is 121 Å². The predicted octanol–water partition coefficient (Wildman–Crippen LogP) is 1.60. The average molecular weight is 281 g/mol. The molecule has 1 aromatic carbocycles. The summed E-state index contributed by atoms with van der Waals surface area (Å²) in [6.45, 7) is 2.36. The highest BCUT2D eigenvalue weighted by atomic mass is 16.1. The lowest BCUT2D eigenvalue weighted by atomic mass is 10.2. The normalized spacial score (nSPS) is 10.8. The van der Waals surface area contributed by atoms with Crippen LogP contribution < -0.4 is 5.32 Å². The summed E-state index contributed by atoms with van der Waals surface area (Å²) in [6, 6.07) is 7.24. The molecule has 0 aliphatic carbocycles. The molecule has 21 heavy (non-hydrogen) atoms. The largest absolute Gasteiger partial charge is 0.346 e. The highest BCUT2D eigenvalue weighted by molar-refractivity contribution is 5.97. The van der Waals surface area contributed by atoms with E-state index in [0.29, 0.717) is 17.6 Å². The molecule has 0 fully saturated rings. The van der Waals surface area contributed by atoms with E-state index in [4.69, 9.17) is 0 Å². The summed E-state index contributed by atoms with van der Waals surface area (Å²) in [4.78, 5) is 20.6. The lowest BCUT2D eigenvalue weighted by Crippen LogP contribution is -2.24. The van der Waals surface area contributed by atoms with Crippen LogP contribution in [0.5, 0.6) is 0 Å². The van der Waals surface area contributed by atoms with Gasteiger partial charge >= 0.3 is 0 Å². The Hall–Kier alpha value is -2.76. The van der Waals surface area contributed by atoms with Crippen LogP contribution in [0.2, 0.25) is 0 Å². The second-order valence-corrected chi connectivity index (χ2v) is 4.84. The highest BCUT2D eigenvalue weighted by Gasteiger charge is 2.09. The highest BCUT2D eigenvalue weighted by Crippen LogP contribution is 2.11. The molecule has 0 spiro atoms. The van der Waals surface area contributed by atoms with Gasteiger partial charge in [-0.05, 0) is 31.2 Å². The zero-order valence-corrected chi connectivity index (χ0v) is 11.9. The number of rotatable bonds is 3. The Balaban J connectivity index is 1.76. The molecule has 0 bridgehead atoms. The maximum Gasteiger partial charge on any atom is 0.251 e. The molecule has 2 aromatic heterocycles. The van der Waals surface area contributed by atoms with Crippen LogP contribution in [0.1, 0.15) is 21.7 Å². The number of nitrogens with one attached hydrogen (secondary N) is 1. The number of carbonyl (C=O) groups excluding carboxylic acids is 1. The van der Waals surface area contributed by atoms with Crippen molar-refractivity contribution in [2.24, 2.45) is 7.05 Å². The Morgan fingerprint density at radius 3 is 2.67 bits per heavy atom. The van der Waals surface area contributed by atoms with E-state index in [2.05, 4.69) is 20.4 Å². The Bertz CT molecular complexity index is 809. The first kappa shape index (κ1) is 13.2. The zero-order valence-electron chi connectivity index (χ0n) is 11.9. The van der Waals surface area contributed by atoms with Crippen LogP contribution in [0.25, 0.3) is 11.0 Å². The Morgan fingerprint density at radius 2 is 1.95 bits per heavy atom. The van der Waals surface area contributed by atoms with Gasteiger partial charge < -0.3 is 5.32 Å². The van der Waals surface area contributed by atoms with Gasteiger partial charge in [0.1, 0.15) is 0 Å². The lowest BCUT2D eigenvalue weighted by Gasteiger charge is -2.06. The first-order chi connectivity index (χ1) is 10.1. The molecule has 0 saturated heterocycles. The zero-order chi connectivity index (χ0) is 14.8. The monoisotopic (exact) mass is 281 g/mol. The van der Waals surface area contributed by atoms with Gasteiger partial charge in [-0.15, -0.1) is 0 Å². The minimum atomic E-state index is -0.138. The number of aryl methyl sites for hydroxylation is 2. The molecule has 0 aliphatic rings. The molecule has 0 unspecified atom stereocenters. The van der Waals surface area contributed by atoms with E-state index in [1.165, 1.54) is 0 Å². The lowest BCUT2D eigenvalue weighted by molar-refractivity contribution is 0.0950. The van der Waals surface area contributed by atoms with E-state index >= 15 is 0 Å². The molecular weight excluding hydrogens is 266 g/mol. The third-order valence-electron chi connectivity index (χ3n) is 3.26. The van der Waals surface area contributed by atoms with E-state index in [9.17, 15) is 4.79 Å². The molecule has 6 nitrogen and oxygen atoms in total. The van der Waals surface area contributed by atoms with Crippen LogP contribution in [-0.2, 0) is 13.6 Å². The molecule has 0 saturated carbocycles. The van der Waals surface area contributed by atoms with Crippen molar-refractivity contribution in [3.05, 3.63) is 53.6 Å². The van der Waals surface area contributed by atoms with Crippen molar-refractivity contribution in [1.29, 1.82) is 0 Å². The number of hydrogen-bond acceptors (Lipinski definition) is 4. The minimum Gasteiger partial charge on any atom is -0.346 e. The van der Waals surface area contributed by atoms with Crippen molar-refractivity contribution >= 4 is 16.9 Å². The van der Waals surface area contributed by atoms with E-state index in [0.717, 1.165) is 16.9 Å². The predicted molar refractivity (Wildman–Crippen MR) is 78.7 cm³/mol. The summed E-state index contributed by atoms with van der Waals surface area (Å²) in [5.41, 5.74) is 3.95. The van der Waals surface area contributed by atoms with Crippen LogP contribution in [0.15, 0.2) is 36.7 Å². The van der Waals surface area contributed by atoms with E-state index in [1.807, 2.05) is 20.0 Å². The van der Waals surface area contributed by atoms with E-state index in [1.54, 1.807) is 35.3 Å². The molecule has 106 valence electrons. The van der Waals surface area contributed by atoms with Gasteiger partial charge in [0.25, 0.3) is 5.91 Å². The molecule has 3 aromatic rings. The van der Waals surface area contributed by atoms with Gasteiger partial charge in [-0.3, -0.25) is 19.4 Å². The maximum absolute atomic E-state index is 12.2. The fourth-order valence-corrected chi connectivity index (χ4v) is 2.21. The standard InChI is InChI=1S/C15H15N5O/c1-10-7-12(20(2)19-10)9-18-15(21)11-3-4-13-14(8-11)17-6-5-16-13/h3-8H,9H2,1-2H3,(H,18,21). The van der Waals surface area contributed by atoms with Gasteiger partial charge in [-0.2, -0.15) is 5.10 Å². The fourth-order valence-electron chi connectivity index (χ4n) is 2.21. The quantitative estimate of drug-likeness (QED) is 0.791. The molecule has 0 aliphatic heterocycles. The first-order valence-corrected chi connectivity index (χ1v) is 6.62. The van der Waals surface area contributed by atoms with Crippen LogP contribution in [0.4, 0.5) is 0 Å². The molecule has 6 heteroatoms. The van der Waals surface area contributed by atoms with Crippen LogP contribution in [-0.4, -0.2) is 25.7 Å². The number of aromatic nitrogens is 4. The van der Waals surface area contributed by atoms with Crippen molar-refractivity contribution in [3.8, 4) is 0 Å². The second kappa shape index (κ2) is 5.32. The fraction of sp³-hybridized carbons (Fsp3) is 0.200. The van der Waals surface area contributed by atoms with E-state index in [-0.39, 0.29) is 5.91 Å². The average Bonchev–Trinajstić information content (AvgIpc) is 2.82. The maximum atomic E-state index is 12.2. The third kappa shape index (κ3) is 2.74. The summed E-state index contributed by atoms with van der Waals surface area (Å²) < 4.78 is 1.77. The Kier molecular flexibility index (Phi) is 3.35. The van der Waals surface area contributed by atoms with Crippen LogP contribution >= 0.6 is 0 Å². The van der Waals surface area contributed by atoms with Gasteiger partial charge in [0.15, 0.2) is 0 Å². The summed E-state index contributed by atoms with van der Waals surface area (Å²) in [5.74, 6) is -0.138. The van der Waals surface area contributed by atoms with E-state index < -0.39 is 0 Å². The van der Waals surface area contributed by atoms with Crippen molar-refractivity contribution in [3.63, 3.8) is 0 Å². The van der Waals surface area contributed by atoms with Crippen molar-refractivity contribution in [2.45, 2.75) is 13.5 Å². The van der Waals surface area contributed by atoms with Crippen molar-refractivity contribution in [1.82, 2.24) is 25.1 Å². The first-order valence-electron chi connectivity index (χ1n) is 6.62. The van der Waals surface area contributed by atoms with Crippen LogP contribution in [0.3, 0.4) is 0 Å². The minimum absolute atomic E-state index is 0.138. The molecule has 1 amide bonds. The number of benzene rings is 1. The summed E-state index contributed by atoms with van der Waals surface area (Å²) in [6.07, 6.45) is 3.25. The molecule has 0 atom stereocenters. The second-order valence-electron chi connectivity index (χ2n) is 4.84. The van der Waals surface area contributed by atoms with Crippen LogP contribution in [0, 0.1) is 6.92 Å². The molecular formula is C15H15N5O.